The lowest BCUT2D eigenvalue weighted by molar-refractivity contribution is -0.118. The van der Waals surface area contributed by atoms with Crippen LogP contribution in [0.5, 0.6) is 5.75 Å². The molecule has 0 N–H and O–H groups in total. The molecule has 1 unspecified atom stereocenters. The van der Waals surface area contributed by atoms with Gasteiger partial charge in [-0.15, -0.1) is 0 Å². The quantitative estimate of drug-likeness (QED) is 0.849. The summed E-state index contributed by atoms with van der Waals surface area (Å²) in [6, 6.07) is 12.6. The summed E-state index contributed by atoms with van der Waals surface area (Å²) in [7, 11) is 1.58. The van der Waals surface area contributed by atoms with Gasteiger partial charge in [0.2, 0.25) is 0 Å². The fraction of sp³-hybridized carbons (Fsp3) is 0.118. The van der Waals surface area contributed by atoms with Gasteiger partial charge in [0, 0.05) is 22.9 Å². The molecular formula is C17H12ClN3O2. The molecule has 0 saturated heterocycles. The van der Waals surface area contributed by atoms with E-state index in [0.29, 0.717) is 22.2 Å². The largest absolute Gasteiger partial charge is 0.497 e. The molecule has 0 saturated carbocycles. The Bertz CT molecular complexity index is 876. The number of hydrazone groups is 1. The van der Waals surface area contributed by atoms with Crippen LogP contribution in [0, 0.1) is 5.92 Å². The molecule has 2 aromatic rings. The molecule has 2 aromatic carbocycles. The summed E-state index contributed by atoms with van der Waals surface area (Å²) in [6.07, 6.45) is 1.64. The van der Waals surface area contributed by atoms with E-state index < -0.39 is 5.92 Å². The van der Waals surface area contributed by atoms with Gasteiger partial charge in [0.1, 0.15) is 11.7 Å². The maximum absolute atomic E-state index is 12.7. The van der Waals surface area contributed by atoms with Crippen molar-refractivity contribution in [2.75, 3.05) is 12.1 Å². The SMILES string of the molecule is COc1cccc(N2N=C3c4cc(Cl)ccc4N=CC3C2=O)c1. The monoisotopic (exact) mass is 325 g/mol. The average Bonchev–Trinajstić information content (AvgIpc) is 2.92. The number of carbonyl (C=O) groups excluding carboxylic acids is 1. The third kappa shape index (κ3) is 2.21. The molecule has 23 heavy (non-hydrogen) atoms. The normalized spacial score (nSPS) is 18.5. The average molecular weight is 326 g/mol. The molecule has 0 radical (unpaired) electrons. The second-order valence-electron chi connectivity index (χ2n) is 5.25. The number of amides is 1. The minimum atomic E-state index is -0.479. The molecule has 2 heterocycles. The van der Waals surface area contributed by atoms with Crippen molar-refractivity contribution in [2.24, 2.45) is 16.0 Å². The number of hydrogen-bond donors (Lipinski definition) is 0. The highest BCUT2D eigenvalue weighted by molar-refractivity contribution is 6.34. The molecule has 0 spiro atoms. The first kappa shape index (κ1) is 14.0. The van der Waals surface area contributed by atoms with Gasteiger partial charge < -0.3 is 4.74 Å². The van der Waals surface area contributed by atoms with E-state index in [9.17, 15) is 4.79 Å². The third-order valence-electron chi connectivity index (χ3n) is 3.87. The summed E-state index contributed by atoms with van der Waals surface area (Å²) in [5, 5.41) is 6.50. The second kappa shape index (κ2) is 5.21. The van der Waals surface area contributed by atoms with Crippen molar-refractivity contribution in [1.29, 1.82) is 0 Å². The van der Waals surface area contributed by atoms with Crippen LogP contribution in [0.2, 0.25) is 5.02 Å². The van der Waals surface area contributed by atoms with Crippen LogP contribution in [0.4, 0.5) is 11.4 Å². The smallest absolute Gasteiger partial charge is 0.262 e. The lowest BCUT2D eigenvalue weighted by atomic mass is 9.94. The predicted octanol–water partition coefficient (Wildman–Crippen LogP) is 3.43. The van der Waals surface area contributed by atoms with Crippen LogP contribution < -0.4 is 9.75 Å². The molecule has 0 fully saturated rings. The minimum absolute atomic E-state index is 0.136. The lowest BCUT2D eigenvalue weighted by Gasteiger charge is -2.15. The van der Waals surface area contributed by atoms with Crippen LogP contribution in [-0.2, 0) is 4.79 Å². The molecule has 1 amide bonds. The Morgan fingerprint density at radius 1 is 1.22 bits per heavy atom. The Balaban J connectivity index is 1.81. The number of anilines is 1. The van der Waals surface area contributed by atoms with Gasteiger partial charge in [-0.2, -0.15) is 10.1 Å². The third-order valence-corrected chi connectivity index (χ3v) is 4.11. The van der Waals surface area contributed by atoms with Crippen LogP contribution in [0.15, 0.2) is 52.6 Å². The Kier molecular flexibility index (Phi) is 3.16. The maximum atomic E-state index is 12.7. The van der Waals surface area contributed by atoms with E-state index in [1.807, 2.05) is 24.3 Å². The number of aliphatic imine (C=N–C) groups is 1. The second-order valence-corrected chi connectivity index (χ2v) is 5.69. The molecule has 0 aromatic heterocycles. The molecule has 114 valence electrons. The van der Waals surface area contributed by atoms with E-state index >= 15 is 0 Å². The van der Waals surface area contributed by atoms with Gasteiger partial charge in [0.25, 0.3) is 5.91 Å². The van der Waals surface area contributed by atoms with Gasteiger partial charge in [-0.1, -0.05) is 17.7 Å². The van der Waals surface area contributed by atoms with Crippen LogP contribution in [0.1, 0.15) is 5.56 Å². The predicted molar refractivity (Wildman–Crippen MR) is 90.1 cm³/mol. The fourth-order valence-electron chi connectivity index (χ4n) is 2.73. The first-order chi connectivity index (χ1) is 11.2. The van der Waals surface area contributed by atoms with E-state index in [-0.39, 0.29) is 5.91 Å². The van der Waals surface area contributed by atoms with Crippen molar-refractivity contribution in [3.63, 3.8) is 0 Å². The molecule has 0 aliphatic carbocycles. The van der Waals surface area contributed by atoms with E-state index in [1.54, 1.807) is 31.5 Å². The Hall–Kier alpha value is -2.66. The lowest BCUT2D eigenvalue weighted by Crippen LogP contribution is -2.29. The first-order valence-corrected chi connectivity index (χ1v) is 7.46. The number of rotatable bonds is 2. The van der Waals surface area contributed by atoms with Gasteiger partial charge in [0.05, 0.1) is 24.2 Å². The zero-order valence-electron chi connectivity index (χ0n) is 12.2. The number of ether oxygens (including phenoxy) is 1. The molecule has 5 nitrogen and oxygen atoms in total. The highest BCUT2D eigenvalue weighted by Gasteiger charge is 2.39. The van der Waals surface area contributed by atoms with Crippen molar-refractivity contribution < 1.29 is 9.53 Å². The number of benzene rings is 2. The number of carbonyl (C=O) groups is 1. The first-order valence-electron chi connectivity index (χ1n) is 7.08. The standard InChI is InChI=1S/C17H12ClN3O2/c1-23-12-4-2-3-11(8-12)21-17(22)14-9-19-15-6-5-10(18)7-13(15)16(14)20-21/h2-9,14H,1H3. The van der Waals surface area contributed by atoms with Crippen molar-refractivity contribution in [3.8, 4) is 5.75 Å². The van der Waals surface area contributed by atoms with Crippen molar-refractivity contribution in [2.45, 2.75) is 0 Å². The fourth-order valence-corrected chi connectivity index (χ4v) is 2.90. The topological polar surface area (TPSA) is 54.3 Å². The van der Waals surface area contributed by atoms with E-state index in [0.717, 1.165) is 11.3 Å². The summed E-state index contributed by atoms with van der Waals surface area (Å²) < 4.78 is 5.21. The number of methoxy groups -OCH3 is 1. The summed E-state index contributed by atoms with van der Waals surface area (Å²) in [6.45, 7) is 0. The molecule has 4 rings (SSSR count). The molecular weight excluding hydrogens is 314 g/mol. The van der Waals surface area contributed by atoms with Crippen LogP contribution in [0.3, 0.4) is 0 Å². The molecule has 1 atom stereocenters. The molecule has 6 heteroatoms. The highest BCUT2D eigenvalue weighted by Crippen LogP contribution is 2.35. The Morgan fingerprint density at radius 2 is 2.09 bits per heavy atom. The number of fused-ring (bicyclic) bond motifs is 3. The summed E-state index contributed by atoms with van der Waals surface area (Å²) in [4.78, 5) is 17.0. The molecule has 2 aliphatic heterocycles. The summed E-state index contributed by atoms with van der Waals surface area (Å²) in [5.41, 5.74) is 2.90. The minimum Gasteiger partial charge on any atom is -0.497 e. The van der Waals surface area contributed by atoms with Gasteiger partial charge >= 0.3 is 0 Å². The van der Waals surface area contributed by atoms with E-state index in [1.165, 1.54) is 5.01 Å². The van der Waals surface area contributed by atoms with Crippen molar-refractivity contribution in [1.82, 2.24) is 0 Å². The number of nitrogens with zero attached hydrogens (tertiary/aromatic N) is 3. The molecule has 0 bridgehead atoms. The van der Waals surface area contributed by atoms with Gasteiger partial charge in [-0.25, -0.2) is 0 Å². The highest BCUT2D eigenvalue weighted by atomic mass is 35.5. The van der Waals surface area contributed by atoms with Gasteiger partial charge in [0.15, 0.2) is 0 Å². The Morgan fingerprint density at radius 3 is 2.91 bits per heavy atom. The summed E-state index contributed by atoms with van der Waals surface area (Å²) >= 11 is 6.07. The van der Waals surface area contributed by atoms with Crippen LogP contribution >= 0.6 is 11.6 Å². The Labute approximate surface area is 137 Å². The maximum Gasteiger partial charge on any atom is 0.262 e. The summed E-state index contributed by atoms with van der Waals surface area (Å²) in [5.74, 6) is 0.0530. The van der Waals surface area contributed by atoms with Crippen molar-refractivity contribution >= 4 is 40.8 Å². The van der Waals surface area contributed by atoms with E-state index in [2.05, 4.69) is 10.1 Å². The molecule has 2 aliphatic rings. The number of hydrogen-bond acceptors (Lipinski definition) is 4. The van der Waals surface area contributed by atoms with Crippen molar-refractivity contribution in [3.05, 3.63) is 53.1 Å². The zero-order valence-corrected chi connectivity index (χ0v) is 13.0. The van der Waals surface area contributed by atoms with E-state index in [4.69, 9.17) is 16.3 Å². The van der Waals surface area contributed by atoms with Crippen LogP contribution in [0.25, 0.3) is 0 Å². The van der Waals surface area contributed by atoms with Gasteiger partial charge in [-0.05, 0) is 30.3 Å². The number of halogens is 1. The van der Waals surface area contributed by atoms with Gasteiger partial charge in [-0.3, -0.25) is 9.79 Å². The zero-order chi connectivity index (χ0) is 16.0. The van der Waals surface area contributed by atoms with Crippen LogP contribution in [-0.4, -0.2) is 24.9 Å².